The van der Waals surface area contributed by atoms with Crippen LogP contribution in [0.25, 0.3) is 0 Å². The average molecular weight is 439 g/mol. The van der Waals surface area contributed by atoms with Crippen LogP contribution in [0.2, 0.25) is 0 Å². The normalized spacial score (nSPS) is 21.3. The van der Waals surface area contributed by atoms with Crippen molar-refractivity contribution in [3.63, 3.8) is 0 Å². The summed E-state index contributed by atoms with van der Waals surface area (Å²) in [5.74, 6) is -1.53. The zero-order chi connectivity index (χ0) is 23.0. The number of carboxylic acids is 1. The van der Waals surface area contributed by atoms with E-state index < -0.39 is 23.3 Å². The number of rotatable bonds is 8. The smallest absolute Gasteiger partial charge is 0.328 e. The molecule has 9 heteroatoms. The number of carbonyl (C=O) groups excluding carboxylic acids is 3. The van der Waals surface area contributed by atoms with E-state index in [9.17, 15) is 24.3 Å². The largest absolute Gasteiger partial charge is 0.480 e. The minimum Gasteiger partial charge on any atom is -0.480 e. The first-order valence-electron chi connectivity index (χ1n) is 11.4. The van der Waals surface area contributed by atoms with Crippen LogP contribution in [-0.2, 0) is 19.2 Å². The zero-order valence-electron chi connectivity index (χ0n) is 19.0. The minimum atomic E-state index is -1.20. The highest BCUT2D eigenvalue weighted by Crippen LogP contribution is 2.21. The molecule has 2 saturated heterocycles. The molecular formula is C22H38N4O5. The Morgan fingerprint density at radius 2 is 1.81 bits per heavy atom. The highest BCUT2D eigenvalue weighted by molar-refractivity contribution is 5.87. The standard InChI is InChI=1S/C22H38N4O5/c1-22(2,3)21(31)25-17(20(29)30)13-24-19(28)16-5-4-12-26(14-16)18(27)7-6-15-8-10-23-11-9-15/h15-17,23H,4-14H2,1-3H3,(H,24,28)(H,25,31)(H,29,30)/t16-,17-/m1/s1. The number of hydrogen-bond acceptors (Lipinski definition) is 5. The van der Waals surface area contributed by atoms with Crippen LogP contribution in [-0.4, -0.2) is 72.5 Å². The molecule has 0 saturated carbocycles. The lowest BCUT2D eigenvalue weighted by atomic mass is 9.92. The molecule has 0 aliphatic carbocycles. The highest BCUT2D eigenvalue weighted by Gasteiger charge is 2.31. The molecule has 0 bridgehead atoms. The molecule has 2 atom stereocenters. The lowest BCUT2D eigenvalue weighted by Crippen LogP contribution is -2.53. The molecule has 9 nitrogen and oxygen atoms in total. The third-order valence-electron chi connectivity index (χ3n) is 6.14. The summed E-state index contributed by atoms with van der Waals surface area (Å²) in [7, 11) is 0. The molecule has 2 aliphatic heterocycles. The van der Waals surface area contributed by atoms with E-state index in [2.05, 4.69) is 16.0 Å². The van der Waals surface area contributed by atoms with Crippen LogP contribution in [0.3, 0.4) is 0 Å². The molecule has 31 heavy (non-hydrogen) atoms. The first-order chi connectivity index (χ1) is 14.6. The van der Waals surface area contributed by atoms with Crippen LogP contribution >= 0.6 is 0 Å². The van der Waals surface area contributed by atoms with Gasteiger partial charge in [-0.3, -0.25) is 14.4 Å². The first-order valence-corrected chi connectivity index (χ1v) is 11.4. The summed E-state index contributed by atoms with van der Waals surface area (Å²) in [5.41, 5.74) is -0.726. The molecule has 4 N–H and O–H groups in total. The average Bonchev–Trinajstić information content (AvgIpc) is 2.74. The molecular weight excluding hydrogens is 400 g/mol. The van der Waals surface area contributed by atoms with Crippen molar-refractivity contribution < 1.29 is 24.3 Å². The van der Waals surface area contributed by atoms with Crippen molar-refractivity contribution in [1.82, 2.24) is 20.9 Å². The van der Waals surface area contributed by atoms with Gasteiger partial charge in [-0.05, 0) is 51.1 Å². The summed E-state index contributed by atoms with van der Waals surface area (Å²) in [6.07, 6.45) is 5.03. The van der Waals surface area contributed by atoms with E-state index in [-0.39, 0.29) is 24.3 Å². The summed E-state index contributed by atoms with van der Waals surface area (Å²) >= 11 is 0. The Balaban J connectivity index is 1.80. The van der Waals surface area contributed by atoms with Crippen LogP contribution in [0.15, 0.2) is 0 Å². The van der Waals surface area contributed by atoms with Crippen molar-refractivity contribution >= 4 is 23.7 Å². The molecule has 2 aliphatic rings. The minimum absolute atomic E-state index is 0.0943. The molecule has 0 radical (unpaired) electrons. The maximum atomic E-state index is 12.6. The lowest BCUT2D eigenvalue weighted by molar-refractivity contribution is -0.143. The second-order valence-electron chi connectivity index (χ2n) is 9.77. The summed E-state index contributed by atoms with van der Waals surface area (Å²) in [6.45, 7) is 7.94. The molecule has 2 fully saturated rings. The molecule has 0 aromatic carbocycles. The van der Waals surface area contributed by atoms with Gasteiger partial charge in [0, 0.05) is 31.5 Å². The van der Waals surface area contributed by atoms with Gasteiger partial charge in [0.15, 0.2) is 0 Å². The van der Waals surface area contributed by atoms with Gasteiger partial charge >= 0.3 is 5.97 Å². The third kappa shape index (κ3) is 8.12. The molecule has 3 amide bonds. The highest BCUT2D eigenvalue weighted by atomic mass is 16.4. The molecule has 0 unspecified atom stereocenters. The Hall–Kier alpha value is -2.16. The van der Waals surface area contributed by atoms with Gasteiger partial charge in [0.2, 0.25) is 17.7 Å². The maximum Gasteiger partial charge on any atom is 0.328 e. The number of nitrogens with one attached hydrogen (secondary N) is 3. The molecule has 0 aromatic rings. The van der Waals surface area contributed by atoms with Gasteiger partial charge in [0.1, 0.15) is 6.04 Å². The van der Waals surface area contributed by atoms with Crippen LogP contribution in [0, 0.1) is 17.3 Å². The van der Waals surface area contributed by atoms with Crippen LogP contribution in [0.1, 0.15) is 59.3 Å². The van der Waals surface area contributed by atoms with Gasteiger partial charge < -0.3 is 26.0 Å². The SMILES string of the molecule is CC(C)(C)C(=O)N[C@H](CNC(=O)[C@@H]1CCCN(C(=O)CCC2CCNCC2)C1)C(=O)O. The van der Waals surface area contributed by atoms with E-state index >= 15 is 0 Å². The van der Waals surface area contributed by atoms with Crippen LogP contribution in [0.4, 0.5) is 0 Å². The number of carboxylic acid groups (broad SMARTS) is 1. The summed E-state index contributed by atoms with van der Waals surface area (Å²) < 4.78 is 0. The topological polar surface area (TPSA) is 128 Å². The first kappa shape index (κ1) is 25.1. The van der Waals surface area contributed by atoms with Crippen molar-refractivity contribution in [2.45, 2.75) is 65.3 Å². The maximum absolute atomic E-state index is 12.6. The lowest BCUT2D eigenvalue weighted by Gasteiger charge is -2.33. The zero-order valence-corrected chi connectivity index (χ0v) is 19.0. The van der Waals surface area contributed by atoms with Crippen molar-refractivity contribution in [2.75, 3.05) is 32.7 Å². The second-order valence-corrected chi connectivity index (χ2v) is 9.77. The van der Waals surface area contributed by atoms with Gasteiger partial charge in [0.25, 0.3) is 0 Å². The van der Waals surface area contributed by atoms with Crippen molar-refractivity contribution in [3.05, 3.63) is 0 Å². The number of carbonyl (C=O) groups is 4. The molecule has 176 valence electrons. The quantitative estimate of drug-likeness (QED) is 0.443. The van der Waals surface area contributed by atoms with Gasteiger partial charge in [-0.25, -0.2) is 4.79 Å². The van der Waals surface area contributed by atoms with E-state index in [1.807, 2.05) is 0 Å². The second kappa shape index (κ2) is 11.5. The fourth-order valence-electron chi connectivity index (χ4n) is 4.00. The Kier molecular flexibility index (Phi) is 9.28. The summed E-state index contributed by atoms with van der Waals surface area (Å²) in [4.78, 5) is 50.6. The predicted molar refractivity (Wildman–Crippen MR) is 116 cm³/mol. The number of piperidine rings is 2. The molecule has 0 aromatic heterocycles. The number of nitrogens with zero attached hydrogens (tertiary/aromatic N) is 1. The van der Waals surface area contributed by atoms with Crippen molar-refractivity contribution in [1.29, 1.82) is 0 Å². The number of amides is 3. The Labute approximate surface area is 184 Å². The van der Waals surface area contributed by atoms with E-state index in [1.54, 1.807) is 25.7 Å². The Morgan fingerprint density at radius 1 is 1.13 bits per heavy atom. The number of aliphatic carboxylic acids is 1. The van der Waals surface area contributed by atoms with Crippen molar-refractivity contribution in [2.24, 2.45) is 17.3 Å². The molecule has 2 rings (SSSR count). The fourth-order valence-corrected chi connectivity index (χ4v) is 4.00. The monoisotopic (exact) mass is 438 g/mol. The van der Waals surface area contributed by atoms with Gasteiger partial charge in [0.05, 0.1) is 5.92 Å². The molecule has 2 heterocycles. The van der Waals surface area contributed by atoms with Crippen molar-refractivity contribution in [3.8, 4) is 0 Å². The third-order valence-corrected chi connectivity index (χ3v) is 6.14. The fraction of sp³-hybridized carbons (Fsp3) is 0.818. The predicted octanol–water partition coefficient (Wildman–Crippen LogP) is 0.737. The molecule has 0 spiro atoms. The van der Waals surface area contributed by atoms with Crippen LogP contribution in [0.5, 0.6) is 0 Å². The van der Waals surface area contributed by atoms with Gasteiger partial charge in [-0.2, -0.15) is 0 Å². The Morgan fingerprint density at radius 3 is 2.42 bits per heavy atom. The number of likely N-dealkylation sites (tertiary alicyclic amines) is 1. The number of hydrogen-bond donors (Lipinski definition) is 4. The summed E-state index contributed by atoms with van der Waals surface area (Å²) in [6, 6.07) is -1.19. The van der Waals surface area contributed by atoms with Gasteiger partial charge in [-0.15, -0.1) is 0 Å². The Bertz CT molecular complexity index is 655. The van der Waals surface area contributed by atoms with Crippen LogP contribution < -0.4 is 16.0 Å². The van der Waals surface area contributed by atoms with E-state index in [0.717, 1.165) is 38.8 Å². The van der Waals surface area contributed by atoms with Gasteiger partial charge in [-0.1, -0.05) is 20.8 Å². The van der Waals surface area contributed by atoms with E-state index in [1.165, 1.54) is 0 Å². The summed E-state index contributed by atoms with van der Waals surface area (Å²) in [5, 5.41) is 17.8. The van der Waals surface area contributed by atoms with E-state index in [0.29, 0.717) is 31.8 Å². The van der Waals surface area contributed by atoms with E-state index in [4.69, 9.17) is 0 Å².